The fraction of sp³-hybridized carbons (Fsp3) is 0.500. The van der Waals surface area contributed by atoms with Crippen molar-refractivity contribution >= 4 is 5.69 Å². The zero-order valence-corrected chi connectivity index (χ0v) is 8.27. The van der Waals surface area contributed by atoms with Crippen molar-refractivity contribution in [2.45, 2.75) is 32.6 Å². The molecule has 1 nitrogen and oxygen atoms in total. The zero-order valence-electron chi connectivity index (χ0n) is 8.27. The van der Waals surface area contributed by atoms with Crippen molar-refractivity contribution in [2.24, 2.45) is 0 Å². The number of rotatable bonds is 2. The van der Waals surface area contributed by atoms with Gasteiger partial charge in [0.1, 0.15) is 0 Å². The third-order valence-electron chi connectivity index (χ3n) is 2.68. The molecule has 0 fully saturated rings. The highest BCUT2D eigenvalue weighted by Gasteiger charge is 2.10. The fourth-order valence-electron chi connectivity index (χ4n) is 2.06. The molecule has 0 saturated carbocycles. The summed E-state index contributed by atoms with van der Waals surface area (Å²) in [5, 5.41) is 3.52. The summed E-state index contributed by atoms with van der Waals surface area (Å²) < 4.78 is 0. The summed E-state index contributed by atoms with van der Waals surface area (Å²) in [4.78, 5) is 0. The van der Waals surface area contributed by atoms with Gasteiger partial charge in [-0.1, -0.05) is 31.5 Å². The Morgan fingerprint density at radius 2 is 2.31 bits per heavy atom. The van der Waals surface area contributed by atoms with Gasteiger partial charge in [-0.05, 0) is 30.4 Å². The normalized spacial score (nSPS) is 14.8. The van der Waals surface area contributed by atoms with Gasteiger partial charge < -0.3 is 5.32 Å². The lowest BCUT2D eigenvalue weighted by Crippen LogP contribution is -2.13. The Kier molecular flexibility index (Phi) is 2.53. The first-order valence-electron chi connectivity index (χ1n) is 5.26. The minimum atomic E-state index is 1.15. The monoisotopic (exact) mass is 175 g/mol. The van der Waals surface area contributed by atoms with E-state index in [1.54, 1.807) is 0 Å². The van der Waals surface area contributed by atoms with Crippen LogP contribution in [0.4, 0.5) is 5.69 Å². The predicted molar refractivity (Wildman–Crippen MR) is 57.2 cm³/mol. The number of anilines is 1. The zero-order chi connectivity index (χ0) is 9.10. The Hall–Kier alpha value is -0.980. The lowest BCUT2D eigenvalue weighted by molar-refractivity contribution is 0.817. The maximum atomic E-state index is 3.52. The van der Waals surface area contributed by atoms with Crippen LogP contribution in [0.15, 0.2) is 18.2 Å². The topological polar surface area (TPSA) is 12.0 Å². The average molecular weight is 175 g/mol. The van der Waals surface area contributed by atoms with Crippen LogP contribution < -0.4 is 5.32 Å². The van der Waals surface area contributed by atoms with E-state index in [1.165, 1.54) is 42.5 Å². The van der Waals surface area contributed by atoms with E-state index in [0.717, 1.165) is 6.54 Å². The molecule has 13 heavy (non-hydrogen) atoms. The van der Waals surface area contributed by atoms with Gasteiger partial charge in [0.15, 0.2) is 0 Å². The minimum Gasteiger partial charge on any atom is -0.385 e. The third-order valence-corrected chi connectivity index (χ3v) is 2.68. The van der Waals surface area contributed by atoms with E-state index in [9.17, 15) is 0 Å². The molecule has 0 saturated heterocycles. The highest BCUT2D eigenvalue weighted by molar-refractivity contribution is 5.59. The van der Waals surface area contributed by atoms with Gasteiger partial charge in [-0.3, -0.25) is 0 Å². The molecule has 1 aromatic rings. The maximum absolute atomic E-state index is 3.52. The number of nitrogens with one attached hydrogen (secondary N) is 1. The molecular weight excluding hydrogens is 158 g/mol. The van der Waals surface area contributed by atoms with E-state index in [0.29, 0.717) is 0 Å². The van der Waals surface area contributed by atoms with Crippen molar-refractivity contribution < 1.29 is 0 Å². The molecular formula is C12H17N. The van der Waals surface area contributed by atoms with Crippen molar-refractivity contribution in [3.8, 4) is 0 Å². The van der Waals surface area contributed by atoms with Crippen LogP contribution in [-0.4, -0.2) is 6.54 Å². The Balaban J connectivity index is 2.34. The van der Waals surface area contributed by atoms with Gasteiger partial charge >= 0.3 is 0 Å². The highest BCUT2D eigenvalue weighted by atomic mass is 14.9. The second-order valence-electron chi connectivity index (χ2n) is 3.73. The van der Waals surface area contributed by atoms with Crippen molar-refractivity contribution in [2.75, 3.05) is 11.9 Å². The molecule has 1 heterocycles. The molecule has 0 unspecified atom stereocenters. The number of aryl methyl sites for hydroxylation is 2. The number of hydrogen-bond donors (Lipinski definition) is 1. The summed E-state index contributed by atoms with van der Waals surface area (Å²) >= 11 is 0. The molecule has 1 aromatic carbocycles. The molecule has 0 aromatic heterocycles. The summed E-state index contributed by atoms with van der Waals surface area (Å²) in [5.74, 6) is 0. The van der Waals surface area contributed by atoms with Gasteiger partial charge in [0.25, 0.3) is 0 Å². The van der Waals surface area contributed by atoms with Gasteiger partial charge in [-0.2, -0.15) is 0 Å². The van der Waals surface area contributed by atoms with E-state index in [1.807, 2.05) is 0 Å². The predicted octanol–water partition coefficient (Wildman–Crippen LogP) is 3.00. The number of hydrogen-bond acceptors (Lipinski definition) is 1. The van der Waals surface area contributed by atoms with E-state index >= 15 is 0 Å². The average Bonchev–Trinajstić information content (AvgIpc) is 2.19. The van der Waals surface area contributed by atoms with Crippen molar-refractivity contribution in [3.63, 3.8) is 0 Å². The van der Waals surface area contributed by atoms with Crippen molar-refractivity contribution in [1.82, 2.24) is 0 Å². The van der Waals surface area contributed by atoms with Gasteiger partial charge in [0.05, 0.1) is 0 Å². The first-order valence-corrected chi connectivity index (χ1v) is 5.26. The van der Waals surface area contributed by atoms with Crippen molar-refractivity contribution in [3.05, 3.63) is 29.3 Å². The molecule has 0 atom stereocenters. The van der Waals surface area contributed by atoms with E-state index < -0.39 is 0 Å². The fourth-order valence-corrected chi connectivity index (χ4v) is 2.06. The Morgan fingerprint density at radius 3 is 3.15 bits per heavy atom. The summed E-state index contributed by atoms with van der Waals surface area (Å²) in [6, 6.07) is 6.69. The molecule has 0 amide bonds. The number of benzene rings is 1. The van der Waals surface area contributed by atoms with Gasteiger partial charge in [0, 0.05) is 12.2 Å². The van der Waals surface area contributed by atoms with Crippen LogP contribution in [0.2, 0.25) is 0 Å². The van der Waals surface area contributed by atoms with E-state index in [2.05, 4.69) is 30.4 Å². The lowest BCUT2D eigenvalue weighted by atomic mass is 9.97. The van der Waals surface area contributed by atoms with Gasteiger partial charge in [0.2, 0.25) is 0 Å². The van der Waals surface area contributed by atoms with Crippen LogP contribution in [0.5, 0.6) is 0 Å². The second-order valence-corrected chi connectivity index (χ2v) is 3.73. The SMILES string of the molecule is CCCc1cccc2c1NCCC2. The minimum absolute atomic E-state index is 1.15. The van der Waals surface area contributed by atoms with E-state index in [-0.39, 0.29) is 0 Å². The van der Waals surface area contributed by atoms with E-state index in [4.69, 9.17) is 0 Å². The summed E-state index contributed by atoms with van der Waals surface area (Å²) in [6.45, 7) is 3.38. The molecule has 1 aliphatic rings. The van der Waals surface area contributed by atoms with Gasteiger partial charge in [-0.15, -0.1) is 0 Å². The molecule has 1 aliphatic heterocycles. The van der Waals surface area contributed by atoms with Crippen LogP contribution in [0.3, 0.4) is 0 Å². The molecule has 1 N–H and O–H groups in total. The van der Waals surface area contributed by atoms with Crippen LogP contribution in [0.25, 0.3) is 0 Å². The molecule has 0 aliphatic carbocycles. The standard InChI is InChI=1S/C12H17N/c1-2-5-10-6-3-7-11-8-4-9-13-12(10)11/h3,6-7,13H,2,4-5,8-9H2,1H3. The third kappa shape index (κ3) is 1.69. The molecule has 1 heteroatoms. The molecule has 0 radical (unpaired) electrons. The Morgan fingerprint density at radius 1 is 1.38 bits per heavy atom. The maximum Gasteiger partial charge on any atom is 0.0405 e. The summed E-state index contributed by atoms with van der Waals surface area (Å²) in [5.41, 5.74) is 4.44. The van der Waals surface area contributed by atoms with Crippen molar-refractivity contribution in [1.29, 1.82) is 0 Å². The highest BCUT2D eigenvalue weighted by Crippen LogP contribution is 2.26. The molecule has 2 rings (SSSR count). The quantitative estimate of drug-likeness (QED) is 0.728. The second kappa shape index (κ2) is 3.82. The van der Waals surface area contributed by atoms with Crippen LogP contribution in [-0.2, 0) is 12.8 Å². The van der Waals surface area contributed by atoms with Gasteiger partial charge in [-0.25, -0.2) is 0 Å². The van der Waals surface area contributed by atoms with Crippen LogP contribution in [0.1, 0.15) is 30.9 Å². The van der Waals surface area contributed by atoms with Crippen LogP contribution >= 0.6 is 0 Å². The van der Waals surface area contributed by atoms with Crippen LogP contribution in [0, 0.1) is 0 Å². The molecule has 70 valence electrons. The first-order chi connectivity index (χ1) is 6.42. The Labute approximate surface area is 80.2 Å². The molecule has 0 bridgehead atoms. The lowest BCUT2D eigenvalue weighted by Gasteiger charge is -2.20. The largest absolute Gasteiger partial charge is 0.385 e. The summed E-state index contributed by atoms with van der Waals surface area (Å²) in [7, 11) is 0. The molecule has 0 spiro atoms. The smallest absolute Gasteiger partial charge is 0.0405 e. The number of fused-ring (bicyclic) bond motifs is 1. The first kappa shape index (κ1) is 8.61. The Bertz CT molecular complexity index is 291. The number of para-hydroxylation sites is 1. The summed E-state index contributed by atoms with van der Waals surface area (Å²) in [6.07, 6.45) is 4.97.